The van der Waals surface area contributed by atoms with Gasteiger partial charge in [-0.05, 0) is 68.9 Å². The van der Waals surface area contributed by atoms with Crippen LogP contribution in [0.25, 0.3) is 5.69 Å². The van der Waals surface area contributed by atoms with E-state index in [1.807, 2.05) is 29.2 Å². The number of benzene rings is 2. The fraction of sp³-hybridized carbons (Fsp3) is 0.304. The zero-order valence-corrected chi connectivity index (χ0v) is 16.8. The van der Waals surface area contributed by atoms with Crippen LogP contribution < -0.4 is 4.90 Å². The third kappa shape index (κ3) is 4.22. The molecule has 150 valence electrons. The third-order valence-electron chi connectivity index (χ3n) is 5.52. The Bertz CT molecular complexity index is 996. The van der Waals surface area contributed by atoms with Gasteiger partial charge in [0.05, 0.1) is 17.8 Å². The summed E-state index contributed by atoms with van der Waals surface area (Å²) in [6, 6.07) is 16.4. The molecule has 5 nitrogen and oxygen atoms in total. The minimum absolute atomic E-state index is 0.0376. The predicted molar refractivity (Wildman–Crippen MR) is 112 cm³/mol. The van der Waals surface area contributed by atoms with E-state index in [2.05, 4.69) is 30.2 Å². The van der Waals surface area contributed by atoms with Crippen molar-refractivity contribution >= 4 is 11.6 Å². The Morgan fingerprint density at radius 2 is 1.90 bits per heavy atom. The Labute approximate surface area is 170 Å². The number of para-hydroxylation sites is 1. The Balaban J connectivity index is 1.56. The van der Waals surface area contributed by atoms with E-state index in [9.17, 15) is 9.18 Å². The normalized spacial score (nSPS) is 16.6. The number of likely N-dealkylation sites (N-methyl/N-ethyl adjacent to an activating group) is 1. The number of halogens is 1. The van der Waals surface area contributed by atoms with Crippen molar-refractivity contribution in [1.82, 2.24) is 14.7 Å². The van der Waals surface area contributed by atoms with Gasteiger partial charge in [0.2, 0.25) is 5.91 Å². The molecule has 0 spiro atoms. The molecule has 0 bridgehead atoms. The molecule has 1 aliphatic heterocycles. The molecule has 0 N–H and O–H groups in total. The third-order valence-corrected chi connectivity index (χ3v) is 5.52. The van der Waals surface area contributed by atoms with Crippen LogP contribution in [0, 0.1) is 5.82 Å². The van der Waals surface area contributed by atoms with E-state index < -0.39 is 0 Å². The number of carbonyl (C=O) groups is 1. The molecule has 0 fully saturated rings. The van der Waals surface area contributed by atoms with Gasteiger partial charge in [-0.3, -0.25) is 4.79 Å². The van der Waals surface area contributed by atoms with E-state index in [1.54, 1.807) is 23.0 Å². The van der Waals surface area contributed by atoms with Crippen molar-refractivity contribution in [1.29, 1.82) is 0 Å². The zero-order chi connectivity index (χ0) is 20.4. The van der Waals surface area contributed by atoms with Crippen LogP contribution in [0.4, 0.5) is 10.1 Å². The molecule has 1 unspecified atom stereocenters. The summed E-state index contributed by atoms with van der Waals surface area (Å²) in [5, 5.41) is 4.51. The molecule has 2 heterocycles. The second-order valence-corrected chi connectivity index (χ2v) is 7.69. The highest BCUT2D eigenvalue weighted by atomic mass is 19.1. The number of hydrogen-bond acceptors (Lipinski definition) is 3. The van der Waals surface area contributed by atoms with E-state index in [0.717, 1.165) is 24.2 Å². The van der Waals surface area contributed by atoms with Crippen LogP contribution in [0.5, 0.6) is 0 Å². The number of fused-ring (bicyclic) bond motifs is 1. The standard InChI is InChI=1S/C23H25FN4O/c1-26(2)21-10-7-17-5-3-4-6-22(17)27(16-21)23(29)15-19-13-14-28(25-19)20-11-8-18(24)9-12-20/h3-6,8-9,11-14,21H,7,10,15-16H2,1-2H3. The molecule has 0 saturated heterocycles. The van der Waals surface area contributed by atoms with Crippen LogP contribution in [0.2, 0.25) is 0 Å². The Hall–Kier alpha value is -2.99. The first-order valence-electron chi connectivity index (χ1n) is 9.86. The maximum Gasteiger partial charge on any atom is 0.233 e. The monoisotopic (exact) mass is 392 g/mol. The number of nitrogens with zero attached hydrogens (tertiary/aromatic N) is 4. The average Bonchev–Trinajstić information content (AvgIpc) is 3.07. The summed E-state index contributed by atoms with van der Waals surface area (Å²) < 4.78 is 14.8. The van der Waals surface area contributed by atoms with E-state index in [0.29, 0.717) is 18.3 Å². The molecule has 3 aromatic rings. The molecular weight excluding hydrogens is 367 g/mol. The van der Waals surface area contributed by atoms with Gasteiger partial charge in [-0.1, -0.05) is 18.2 Å². The lowest BCUT2D eigenvalue weighted by atomic mass is 10.1. The van der Waals surface area contributed by atoms with Crippen LogP contribution in [-0.2, 0) is 17.6 Å². The molecule has 1 aromatic heterocycles. The summed E-state index contributed by atoms with van der Waals surface area (Å²) >= 11 is 0. The molecule has 29 heavy (non-hydrogen) atoms. The Kier molecular flexibility index (Phi) is 5.45. The number of rotatable bonds is 4. The molecule has 0 aliphatic carbocycles. The summed E-state index contributed by atoms with van der Waals surface area (Å²) in [7, 11) is 4.13. The highest BCUT2D eigenvalue weighted by Crippen LogP contribution is 2.28. The number of hydrogen-bond donors (Lipinski definition) is 0. The van der Waals surface area contributed by atoms with Gasteiger partial charge in [0.25, 0.3) is 0 Å². The lowest BCUT2D eigenvalue weighted by molar-refractivity contribution is -0.118. The van der Waals surface area contributed by atoms with Crippen LogP contribution in [0.1, 0.15) is 17.7 Å². The molecule has 1 atom stereocenters. The first kappa shape index (κ1) is 19.3. The molecular formula is C23H25FN4O. The molecule has 1 amide bonds. The van der Waals surface area contributed by atoms with Gasteiger partial charge in [0.15, 0.2) is 0 Å². The molecule has 0 radical (unpaired) electrons. The topological polar surface area (TPSA) is 41.4 Å². The Morgan fingerprint density at radius 1 is 1.14 bits per heavy atom. The van der Waals surface area contributed by atoms with Crippen LogP contribution >= 0.6 is 0 Å². The maximum absolute atomic E-state index is 13.3. The lowest BCUT2D eigenvalue weighted by Gasteiger charge is -2.29. The number of carbonyl (C=O) groups excluding carboxylic acids is 1. The molecule has 1 aliphatic rings. The second kappa shape index (κ2) is 8.17. The molecule has 6 heteroatoms. The predicted octanol–water partition coefficient (Wildman–Crippen LogP) is 3.46. The van der Waals surface area contributed by atoms with Gasteiger partial charge in [0, 0.05) is 24.5 Å². The van der Waals surface area contributed by atoms with E-state index in [-0.39, 0.29) is 18.1 Å². The minimum Gasteiger partial charge on any atom is -0.310 e. The number of aromatic nitrogens is 2. The summed E-state index contributed by atoms with van der Waals surface area (Å²) in [5.74, 6) is -0.248. The maximum atomic E-state index is 13.3. The zero-order valence-electron chi connectivity index (χ0n) is 16.8. The number of anilines is 1. The van der Waals surface area contributed by atoms with Crippen LogP contribution in [0.3, 0.4) is 0 Å². The van der Waals surface area contributed by atoms with E-state index in [4.69, 9.17) is 0 Å². The van der Waals surface area contributed by atoms with Crippen molar-refractivity contribution < 1.29 is 9.18 Å². The van der Waals surface area contributed by atoms with Crippen LogP contribution in [-0.4, -0.2) is 47.3 Å². The first-order chi connectivity index (χ1) is 14.0. The smallest absolute Gasteiger partial charge is 0.233 e. The summed E-state index contributed by atoms with van der Waals surface area (Å²) in [6.07, 6.45) is 4.01. The molecule has 4 rings (SSSR count). The number of amides is 1. The van der Waals surface area contributed by atoms with Gasteiger partial charge in [-0.25, -0.2) is 9.07 Å². The summed E-state index contributed by atoms with van der Waals surface area (Å²) in [6.45, 7) is 0.668. The van der Waals surface area contributed by atoms with Crippen molar-refractivity contribution in [3.05, 3.63) is 77.9 Å². The van der Waals surface area contributed by atoms with E-state index >= 15 is 0 Å². The fourth-order valence-corrected chi connectivity index (χ4v) is 3.81. The second-order valence-electron chi connectivity index (χ2n) is 7.69. The van der Waals surface area contributed by atoms with Crippen molar-refractivity contribution in [2.75, 3.05) is 25.5 Å². The number of aryl methyl sites for hydroxylation is 1. The van der Waals surface area contributed by atoms with Crippen LogP contribution in [0.15, 0.2) is 60.8 Å². The van der Waals surface area contributed by atoms with Crippen molar-refractivity contribution in [2.45, 2.75) is 25.3 Å². The quantitative estimate of drug-likeness (QED) is 0.683. The first-order valence-corrected chi connectivity index (χ1v) is 9.86. The van der Waals surface area contributed by atoms with Crippen molar-refractivity contribution in [3.63, 3.8) is 0 Å². The summed E-state index contributed by atoms with van der Waals surface area (Å²) in [5.41, 5.74) is 3.67. The van der Waals surface area contributed by atoms with Crippen molar-refractivity contribution in [2.24, 2.45) is 0 Å². The van der Waals surface area contributed by atoms with E-state index in [1.165, 1.54) is 17.7 Å². The average molecular weight is 392 g/mol. The molecule has 0 saturated carbocycles. The van der Waals surface area contributed by atoms with Gasteiger partial charge in [-0.2, -0.15) is 5.10 Å². The van der Waals surface area contributed by atoms with Gasteiger partial charge in [0.1, 0.15) is 5.82 Å². The largest absolute Gasteiger partial charge is 0.310 e. The van der Waals surface area contributed by atoms with Gasteiger partial charge < -0.3 is 9.80 Å². The van der Waals surface area contributed by atoms with Gasteiger partial charge >= 0.3 is 0 Å². The summed E-state index contributed by atoms with van der Waals surface area (Å²) in [4.78, 5) is 17.3. The SMILES string of the molecule is CN(C)C1CCc2ccccc2N(C(=O)Cc2ccn(-c3ccc(F)cc3)n2)C1. The lowest BCUT2D eigenvalue weighted by Crippen LogP contribution is -2.43. The highest BCUT2D eigenvalue weighted by molar-refractivity contribution is 5.95. The van der Waals surface area contributed by atoms with Crippen molar-refractivity contribution in [3.8, 4) is 5.69 Å². The van der Waals surface area contributed by atoms with Gasteiger partial charge in [-0.15, -0.1) is 0 Å². The Morgan fingerprint density at radius 3 is 2.66 bits per heavy atom. The fourth-order valence-electron chi connectivity index (χ4n) is 3.81. The minimum atomic E-state index is -0.286. The highest BCUT2D eigenvalue weighted by Gasteiger charge is 2.27. The molecule has 2 aromatic carbocycles.